The van der Waals surface area contributed by atoms with E-state index in [4.69, 9.17) is 14.3 Å². The predicted molar refractivity (Wildman–Crippen MR) is 143 cm³/mol. The third kappa shape index (κ3) is 9.06. The Morgan fingerprint density at radius 2 is 1.61 bits per heavy atom. The standard InChI is InChI=1S/C28H39NO6S/c1-27(2,3)22-11-8-19(9-12-22)14-21(17-34-25(31)28(4,5)6)16-29(26(32)36)35-18-20-10-13-23(30)24(15-20)33-7/h8-13,15,21,30H,14,16-18H2,1-7H3,(H,32,36). The van der Waals surface area contributed by atoms with Crippen LogP contribution >= 0.6 is 12.6 Å². The Kier molecular flexibility index (Phi) is 10.3. The van der Waals surface area contributed by atoms with Gasteiger partial charge >= 0.3 is 11.2 Å². The van der Waals surface area contributed by atoms with Crippen LogP contribution in [-0.4, -0.2) is 41.6 Å². The summed E-state index contributed by atoms with van der Waals surface area (Å²) in [5, 5.41) is 10.4. The molecule has 0 fully saturated rings. The summed E-state index contributed by atoms with van der Waals surface area (Å²) in [6.45, 7) is 12.3. The van der Waals surface area contributed by atoms with Gasteiger partial charge in [0.2, 0.25) is 0 Å². The highest BCUT2D eigenvalue weighted by Gasteiger charge is 2.26. The SMILES string of the molecule is COc1cc(CON(CC(COC(=O)C(C)(C)C)Cc2ccc(C(C)(C)C)cc2)C(=O)S)ccc1O. The van der Waals surface area contributed by atoms with Crippen molar-refractivity contribution in [3.63, 3.8) is 0 Å². The van der Waals surface area contributed by atoms with E-state index < -0.39 is 10.7 Å². The van der Waals surface area contributed by atoms with Crippen LogP contribution in [0.2, 0.25) is 0 Å². The van der Waals surface area contributed by atoms with Crippen molar-refractivity contribution in [1.29, 1.82) is 0 Å². The number of ether oxygens (including phenoxy) is 2. The molecule has 8 heteroatoms. The van der Waals surface area contributed by atoms with Crippen LogP contribution in [0.25, 0.3) is 0 Å². The fraction of sp³-hybridized carbons (Fsp3) is 0.500. The quantitative estimate of drug-likeness (QED) is 0.231. The monoisotopic (exact) mass is 517 g/mol. The summed E-state index contributed by atoms with van der Waals surface area (Å²) in [5.74, 6) is -0.203. The fourth-order valence-corrected chi connectivity index (χ4v) is 3.58. The average Bonchev–Trinajstić information content (AvgIpc) is 2.79. The van der Waals surface area contributed by atoms with Crippen molar-refractivity contribution in [1.82, 2.24) is 5.06 Å². The molecule has 0 spiro atoms. The Morgan fingerprint density at radius 3 is 2.14 bits per heavy atom. The average molecular weight is 518 g/mol. The van der Waals surface area contributed by atoms with Crippen molar-refractivity contribution in [3.8, 4) is 11.5 Å². The number of aromatic hydroxyl groups is 1. The Bertz CT molecular complexity index is 1020. The number of carbonyl (C=O) groups excluding carboxylic acids is 2. The lowest BCUT2D eigenvalue weighted by atomic mass is 9.86. The van der Waals surface area contributed by atoms with Crippen molar-refractivity contribution in [2.75, 3.05) is 20.3 Å². The number of hydrogen-bond acceptors (Lipinski definition) is 6. The Balaban J connectivity index is 2.17. The molecular formula is C28H39NO6S. The number of phenolic OH excluding ortho intramolecular Hbond substituents is 1. The van der Waals surface area contributed by atoms with Gasteiger partial charge in [0, 0.05) is 5.92 Å². The molecule has 0 aliphatic heterocycles. The Hall–Kier alpha value is -2.71. The minimum absolute atomic E-state index is 0.0154. The van der Waals surface area contributed by atoms with Crippen LogP contribution in [0.15, 0.2) is 42.5 Å². The van der Waals surface area contributed by atoms with Gasteiger partial charge in [-0.2, -0.15) is 0 Å². The maximum Gasteiger partial charge on any atom is 0.311 e. The molecule has 2 aromatic carbocycles. The molecule has 0 saturated heterocycles. The predicted octanol–water partition coefficient (Wildman–Crippen LogP) is 5.93. The molecule has 1 atom stereocenters. The number of nitrogens with zero attached hydrogens (tertiary/aromatic N) is 1. The van der Waals surface area contributed by atoms with Crippen LogP contribution in [-0.2, 0) is 32.8 Å². The van der Waals surface area contributed by atoms with Crippen molar-refractivity contribution in [3.05, 3.63) is 59.2 Å². The molecule has 0 saturated carbocycles. The van der Waals surface area contributed by atoms with Gasteiger partial charge in [0.25, 0.3) is 0 Å². The van der Waals surface area contributed by atoms with E-state index in [0.717, 1.165) is 5.56 Å². The zero-order chi connectivity index (χ0) is 27.1. The van der Waals surface area contributed by atoms with Crippen molar-refractivity contribution in [2.45, 2.75) is 60.0 Å². The highest BCUT2D eigenvalue weighted by atomic mass is 32.1. The molecule has 0 aliphatic carbocycles. The maximum atomic E-state index is 12.4. The third-order valence-corrected chi connectivity index (χ3v) is 5.90. The Labute approximate surface area is 220 Å². The van der Waals surface area contributed by atoms with Crippen molar-refractivity contribution < 1.29 is 29.0 Å². The van der Waals surface area contributed by atoms with Crippen LogP contribution in [0.1, 0.15) is 58.2 Å². The first-order valence-electron chi connectivity index (χ1n) is 12.0. The van der Waals surface area contributed by atoms with Gasteiger partial charge in [0.05, 0.1) is 25.7 Å². The molecular weight excluding hydrogens is 478 g/mol. The molecule has 36 heavy (non-hydrogen) atoms. The van der Waals surface area contributed by atoms with Gasteiger partial charge < -0.3 is 14.6 Å². The Morgan fingerprint density at radius 1 is 1.00 bits per heavy atom. The normalized spacial score (nSPS) is 12.7. The van der Waals surface area contributed by atoms with E-state index in [-0.39, 0.29) is 42.8 Å². The highest BCUT2D eigenvalue weighted by molar-refractivity contribution is 7.96. The molecule has 1 unspecified atom stereocenters. The molecule has 2 rings (SSSR count). The molecule has 7 nitrogen and oxygen atoms in total. The van der Waals surface area contributed by atoms with Crippen molar-refractivity contribution in [2.24, 2.45) is 11.3 Å². The molecule has 0 aromatic heterocycles. The molecule has 0 aliphatic rings. The third-order valence-electron chi connectivity index (χ3n) is 5.68. The van der Waals surface area contributed by atoms with Gasteiger partial charge in [-0.05, 0) is 61.4 Å². The topological polar surface area (TPSA) is 85.3 Å². The minimum atomic E-state index is -0.633. The van der Waals surface area contributed by atoms with Crippen LogP contribution in [0.5, 0.6) is 11.5 Å². The lowest BCUT2D eigenvalue weighted by Crippen LogP contribution is -2.36. The van der Waals surface area contributed by atoms with Gasteiger partial charge in [-0.25, -0.2) is 5.06 Å². The number of esters is 1. The lowest BCUT2D eigenvalue weighted by Gasteiger charge is -2.27. The van der Waals surface area contributed by atoms with Gasteiger partial charge in [-0.1, -0.05) is 63.7 Å². The molecule has 1 amide bonds. The van der Waals surface area contributed by atoms with E-state index in [1.54, 1.807) is 32.9 Å². The number of methoxy groups -OCH3 is 1. The minimum Gasteiger partial charge on any atom is -0.504 e. The van der Waals surface area contributed by atoms with Gasteiger partial charge in [0.1, 0.15) is 6.61 Å². The smallest absolute Gasteiger partial charge is 0.311 e. The van der Waals surface area contributed by atoms with E-state index in [1.807, 2.05) is 0 Å². The largest absolute Gasteiger partial charge is 0.504 e. The molecule has 198 valence electrons. The summed E-state index contributed by atoms with van der Waals surface area (Å²) < 4.78 is 10.7. The fourth-order valence-electron chi connectivity index (χ4n) is 3.45. The molecule has 1 N–H and O–H groups in total. The van der Waals surface area contributed by atoms with Gasteiger partial charge in [-0.3, -0.25) is 14.4 Å². The summed E-state index contributed by atoms with van der Waals surface area (Å²) in [5.41, 5.74) is 2.40. The summed E-state index contributed by atoms with van der Waals surface area (Å²) in [6.07, 6.45) is 0.579. The molecule has 0 heterocycles. The number of hydrogen-bond donors (Lipinski definition) is 2. The number of thiol groups is 1. The van der Waals surface area contributed by atoms with E-state index in [0.29, 0.717) is 17.7 Å². The lowest BCUT2D eigenvalue weighted by molar-refractivity contribution is -0.158. The second-order valence-electron chi connectivity index (χ2n) is 11.0. The number of hydroxylamine groups is 2. The van der Waals surface area contributed by atoms with Crippen LogP contribution in [0, 0.1) is 11.3 Å². The first kappa shape index (κ1) is 29.5. The number of rotatable bonds is 10. The second kappa shape index (κ2) is 12.5. The number of benzene rings is 2. The van der Waals surface area contributed by atoms with Crippen LogP contribution in [0.4, 0.5) is 4.79 Å². The van der Waals surface area contributed by atoms with E-state index in [1.165, 1.54) is 23.8 Å². The summed E-state index contributed by atoms with van der Waals surface area (Å²) in [7, 11) is 1.46. The van der Waals surface area contributed by atoms with Crippen molar-refractivity contribution >= 4 is 23.8 Å². The number of amides is 1. The van der Waals surface area contributed by atoms with Crippen LogP contribution in [0.3, 0.4) is 0 Å². The summed E-state index contributed by atoms with van der Waals surface area (Å²) in [4.78, 5) is 30.5. The first-order valence-corrected chi connectivity index (χ1v) is 12.4. The zero-order valence-electron chi connectivity index (χ0n) is 22.3. The highest BCUT2D eigenvalue weighted by Crippen LogP contribution is 2.27. The number of carbonyl (C=O) groups is 2. The van der Waals surface area contributed by atoms with E-state index in [2.05, 4.69) is 57.7 Å². The van der Waals surface area contributed by atoms with E-state index in [9.17, 15) is 14.7 Å². The van der Waals surface area contributed by atoms with Crippen LogP contribution < -0.4 is 4.74 Å². The summed E-state index contributed by atoms with van der Waals surface area (Å²) in [6, 6.07) is 13.1. The maximum absolute atomic E-state index is 12.4. The molecule has 0 bridgehead atoms. The first-order chi connectivity index (χ1) is 16.7. The summed E-state index contributed by atoms with van der Waals surface area (Å²) >= 11 is 3.98. The van der Waals surface area contributed by atoms with Gasteiger partial charge in [0.15, 0.2) is 11.5 Å². The number of phenols is 1. The molecule has 0 radical (unpaired) electrons. The van der Waals surface area contributed by atoms with E-state index >= 15 is 0 Å². The van der Waals surface area contributed by atoms with Gasteiger partial charge in [-0.15, -0.1) is 0 Å². The molecule has 2 aromatic rings. The second-order valence-corrected chi connectivity index (χ2v) is 11.4. The zero-order valence-corrected chi connectivity index (χ0v) is 23.2.